The van der Waals surface area contributed by atoms with Gasteiger partial charge in [0.2, 0.25) is 0 Å². The quantitative estimate of drug-likeness (QED) is 0.798. The van der Waals surface area contributed by atoms with Gasteiger partial charge in [0.15, 0.2) is 5.76 Å². The fourth-order valence-corrected chi connectivity index (χ4v) is 4.37. The van der Waals surface area contributed by atoms with Crippen molar-refractivity contribution in [1.29, 1.82) is 0 Å². The van der Waals surface area contributed by atoms with Crippen molar-refractivity contribution in [2.24, 2.45) is 0 Å². The summed E-state index contributed by atoms with van der Waals surface area (Å²) in [5.74, 6) is 1.03. The molecule has 1 N–H and O–H groups in total. The van der Waals surface area contributed by atoms with Crippen LogP contribution in [-0.4, -0.2) is 47.1 Å². The number of carbonyl (C=O) groups excluding carboxylic acids is 1. The molecule has 2 aromatic heterocycles. The molecule has 1 atom stereocenters. The summed E-state index contributed by atoms with van der Waals surface area (Å²) in [6.07, 6.45) is 3.74. The van der Waals surface area contributed by atoms with Crippen molar-refractivity contribution >= 4 is 17.2 Å². The number of likely N-dealkylation sites (tertiary alicyclic amines) is 1. The summed E-state index contributed by atoms with van der Waals surface area (Å²) in [6, 6.07) is 7.94. The highest BCUT2D eigenvalue weighted by atomic mass is 32.1. The van der Waals surface area contributed by atoms with Gasteiger partial charge in [0.1, 0.15) is 5.76 Å². The van der Waals surface area contributed by atoms with Crippen LogP contribution in [0, 0.1) is 6.92 Å². The second kappa shape index (κ2) is 8.84. The molecule has 0 radical (unpaired) electrons. The third kappa shape index (κ3) is 4.55. The normalized spacial score (nSPS) is 16.6. The Morgan fingerprint density at radius 3 is 2.69 bits per heavy atom. The van der Waals surface area contributed by atoms with Crippen molar-refractivity contribution in [1.82, 2.24) is 9.80 Å². The van der Waals surface area contributed by atoms with Crippen LogP contribution in [0.3, 0.4) is 0 Å². The van der Waals surface area contributed by atoms with Gasteiger partial charge in [-0.15, -0.1) is 11.3 Å². The van der Waals surface area contributed by atoms with E-state index in [9.17, 15) is 9.90 Å². The Kier molecular flexibility index (Phi) is 6.51. The number of aryl methyl sites for hydroxylation is 1. The largest absolute Gasteiger partial charge is 0.454 e. The van der Waals surface area contributed by atoms with Gasteiger partial charge in [-0.25, -0.2) is 0 Å². The van der Waals surface area contributed by atoms with E-state index in [0.717, 1.165) is 23.7 Å². The number of furan rings is 1. The molecule has 1 aliphatic heterocycles. The van der Waals surface area contributed by atoms with Gasteiger partial charge in [-0.1, -0.05) is 6.42 Å². The minimum atomic E-state index is -0.165. The van der Waals surface area contributed by atoms with Crippen LogP contribution in [0.4, 0.5) is 0 Å². The van der Waals surface area contributed by atoms with E-state index in [1.807, 2.05) is 25.1 Å². The molecule has 142 valence electrons. The first-order chi connectivity index (χ1) is 12.6. The van der Waals surface area contributed by atoms with Crippen molar-refractivity contribution in [2.75, 3.05) is 26.2 Å². The number of piperidine rings is 1. The van der Waals surface area contributed by atoms with Crippen molar-refractivity contribution in [3.8, 4) is 0 Å². The second-order valence-electron chi connectivity index (χ2n) is 6.94. The molecule has 3 heterocycles. The minimum Gasteiger partial charge on any atom is -0.454 e. The first-order valence-corrected chi connectivity index (χ1v) is 10.2. The van der Waals surface area contributed by atoms with Crippen LogP contribution in [-0.2, 0) is 6.54 Å². The van der Waals surface area contributed by atoms with Crippen LogP contribution in [0.2, 0.25) is 0 Å². The number of amides is 1. The maximum Gasteiger partial charge on any atom is 0.289 e. The van der Waals surface area contributed by atoms with Crippen molar-refractivity contribution in [3.63, 3.8) is 0 Å². The highest BCUT2D eigenvalue weighted by Gasteiger charge is 2.24. The van der Waals surface area contributed by atoms with Gasteiger partial charge in [0, 0.05) is 16.3 Å². The molecule has 3 rings (SSSR count). The molecule has 0 aromatic carbocycles. The van der Waals surface area contributed by atoms with E-state index >= 15 is 0 Å². The number of aliphatic hydroxyl groups is 1. The highest BCUT2D eigenvalue weighted by Crippen LogP contribution is 2.26. The van der Waals surface area contributed by atoms with Gasteiger partial charge in [-0.3, -0.25) is 9.69 Å². The summed E-state index contributed by atoms with van der Waals surface area (Å²) >= 11 is 1.67. The maximum atomic E-state index is 12.9. The number of hydrogen-bond donors (Lipinski definition) is 1. The number of nitrogens with zero attached hydrogens (tertiary/aromatic N) is 2. The van der Waals surface area contributed by atoms with Gasteiger partial charge in [0.05, 0.1) is 19.2 Å². The Morgan fingerprint density at radius 2 is 2.04 bits per heavy atom. The standard InChI is InChI=1S/C20H28N2O3S/c1-15-6-7-17(26-15)14-22(12-13-23)20(24)19-9-8-18(25-19)16(2)21-10-4-3-5-11-21/h6-9,16,23H,3-5,10-14H2,1-2H3. The lowest BCUT2D eigenvalue weighted by Gasteiger charge is -2.31. The second-order valence-corrected chi connectivity index (χ2v) is 8.31. The van der Waals surface area contributed by atoms with Crippen molar-refractivity contribution in [3.05, 3.63) is 45.5 Å². The Bertz CT molecular complexity index is 718. The SMILES string of the molecule is Cc1ccc(CN(CCO)C(=O)c2ccc(C(C)N3CCCCC3)o2)s1. The number of thiophene rings is 1. The molecule has 1 saturated heterocycles. The lowest BCUT2D eigenvalue weighted by Crippen LogP contribution is -2.33. The van der Waals surface area contributed by atoms with Gasteiger partial charge in [0.25, 0.3) is 5.91 Å². The van der Waals surface area contributed by atoms with E-state index in [1.54, 1.807) is 22.3 Å². The van der Waals surface area contributed by atoms with E-state index in [2.05, 4.69) is 11.8 Å². The van der Waals surface area contributed by atoms with Gasteiger partial charge in [-0.2, -0.15) is 0 Å². The fraction of sp³-hybridized carbons (Fsp3) is 0.550. The zero-order valence-corrected chi connectivity index (χ0v) is 16.4. The van der Waals surface area contributed by atoms with E-state index in [-0.39, 0.29) is 18.6 Å². The molecule has 5 nitrogen and oxygen atoms in total. The zero-order valence-electron chi connectivity index (χ0n) is 15.6. The smallest absolute Gasteiger partial charge is 0.289 e. The van der Waals surface area contributed by atoms with E-state index in [1.165, 1.54) is 24.1 Å². The molecule has 1 unspecified atom stereocenters. The Hall–Kier alpha value is -1.63. The molecule has 2 aromatic rings. The summed E-state index contributed by atoms with van der Waals surface area (Å²) in [6.45, 7) is 7.08. The maximum absolute atomic E-state index is 12.9. The molecule has 26 heavy (non-hydrogen) atoms. The molecular weight excluding hydrogens is 348 g/mol. The third-order valence-corrected chi connectivity index (χ3v) is 5.97. The van der Waals surface area contributed by atoms with Crippen LogP contribution >= 0.6 is 11.3 Å². The zero-order chi connectivity index (χ0) is 18.5. The molecule has 6 heteroatoms. The van der Waals surface area contributed by atoms with E-state index in [4.69, 9.17) is 4.42 Å². The number of carbonyl (C=O) groups is 1. The summed E-state index contributed by atoms with van der Waals surface area (Å²) in [4.78, 5) is 19.3. The van der Waals surface area contributed by atoms with Crippen LogP contribution in [0.15, 0.2) is 28.7 Å². The summed E-state index contributed by atoms with van der Waals surface area (Å²) in [5.41, 5.74) is 0. The van der Waals surface area contributed by atoms with Gasteiger partial charge in [-0.05, 0) is 64.0 Å². The average Bonchev–Trinajstić information content (AvgIpc) is 3.30. The fourth-order valence-electron chi connectivity index (χ4n) is 3.47. The van der Waals surface area contributed by atoms with Crippen molar-refractivity contribution < 1.29 is 14.3 Å². The Labute approximate surface area is 159 Å². The predicted octanol–water partition coefficient (Wildman–Crippen LogP) is 3.83. The van der Waals surface area contributed by atoms with Gasteiger partial charge < -0.3 is 14.4 Å². The van der Waals surface area contributed by atoms with Crippen LogP contribution < -0.4 is 0 Å². The Morgan fingerprint density at radius 1 is 1.27 bits per heavy atom. The average molecular weight is 377 g/mol. The highest BCUT2D eigenvalue weighted by molar-refractivity contribution is 7.11. The molecular formula is C20H28N2O3S. The molecule has 1 aliphatic rings. The van der Waals surface area contributed by atoms with Crippen LogP contribution in [0.5, 0.6) is 0 Å². The summed E-state index contributed by atoms with van der Waals surface area (Å²) in [7, 11) is 0. The van der Waals surface area contributed by atoms with Crippen molar-refractivity contribution in [2.45, 2.75) is 45.7 Å². The monoisotopic (exact) mass is 376 g/mol. The number of hydrogen-bond acceptors (Lipinski definition) is 5. The van der Waals surface area contributed by atoms with Crippen LogP contribution in [0.1, 0.15) is 58.3 Å². The van der Waals surface area contributed by atoms with E-state index in [0.29, 0.717) is 18.8 Å². The molecule has 0 aliphatic carbocycles. The topological polar surface area (TPSA) is 56.9 Å². The summed E-state index contributed by atoms with van der Waals surface area (Å²) in [5, 5.41) is 9.35. The first-order valence-electron chi connectivity index (χ1n) is 9.37. The first kappa shape index (κ1) is 19.1. The number of aliphatic hydroxyl groups excluding tert-OH is 1. The predicted molar refractivity (Wildman–Crippen MR) is 103 cm³/mol. The molecule has 0 spiro atoms. The summed E-state index contributed by atoms with van der Waals surface area (Å²) < 4.78 is 5.92. The third-order valence-electron chi connectivity index (χ3n) is 4.99. The lowest BCUT2D eigenvalue weighted by molar-refractivity contribution is 0.0670. The molecule has 0 bridgehead atoms. The van der Waals surface area contributed by atoms with E-state index < -0.39 is 0 Å². The minimum absolute atomic E-state index is 0.0617. The Balaban J connectivity index is 1.69. The molecule has 1 fully saturated rings. The van der Waals surface area contributed by atoms with Crippen LogP contribution in [0.25, 0.3) is 0 Å². The molecule has 0 saturated carbocycles. The number of rotatable bonds is 7. The molecule has 1 amide bonds. The lowest BCUT2D eigenvalue weighted by atomic mass is 10.1. The van der Waals surface area contributed by atoms with Gasteiger partial charge >= 0.3 is 0 Å².